The molecule has 10 heteroatoms. The Labute approximate surface area is 199 Å². The highest BCUT2D eigenvalue weighted by Gasteiger charge is 2.42. The van der Waals surface area contributed by atoms with Gasteiger partial charge in [-0.25, -0.2) is 17.8 Å². The number of hydrogen-bond acceptors (Lipinski definition) is 6. The molecular formula is C23H20FN3O3S3. The van der Waals surface area contributed by atoms with E-state index in [0.29, 0.717) is 34.7 Å². The summed E-state index contributed by atoms with van der Waals surface area (Å²) in [5.41, 5.74) is 1.48. The first kappa shape index (κ1) is 22.1. The fraction of sp³-hybridized carbons (Fsp3) is 0.217. The average molecular weight is 502 g/mol. The van der Waals surface area contributed by atoms with E-state index in [-0.39, 0.29) is 22.5 Å². The topological polar surface area (TPSA) is 70.6 Å². The molecule has 0 radical (unpaired) electrons. The molecular weight excluding hydrogens is 481 g/mol. The number of hydrogen-bond donors (Lipinski definition) is 0. The second kappa shape index (κ2) is 8.94. The number of halogens is 1. The van der Waals surface area contributed by atoms with Crippen LogP contribution in [0, 0.1) is 5.82 Å². The van der Waals surface area contributed by atoms with E-state index in [2.05, 4.69) is 4.98 Å². The highest BCUT2D eigenvalue weighted by atomic mass is 32.2. The van der Waals surface area contributed by atoms with E-state index in [1.54, 1.807) is 23.6 Å². The Balaban J connectivity index is 1.53. The van der Waals surface area contributed by atoms with E-state index in [1.807, 2.05) is 30.3 Å². The highest BCUT2D eigenvalue weighted by molar-refractivity contribution is 7.91. The molecule has 0 bridgehead atoms. The van der Waals surface area contributed by atoms with Crippen molar-refractivity contribution in [2.45, 2.75) is 29.6 Å². The monoisotopic (exact) mass is 501 g/mol. The van der Waals surface area contributed by atoms with Crippen molar-refractivity contribution in [3.63, 3.8) is 0 Å². The van der Waals surface area contributed by atoms with Crippen LogP contribution in [0.2, 0.25) is 0 Å². The lowest BCUT2D eigenvalue weighted by Gasteiger charge is -2.28. The fourth-order valence-corrected chi connectivity index (χ4v) is 7.75. The fourth-order valence-electron chi connectivity index (χ4n) is 3.99. The molecule has 170 valence electrons. The summed E-state index contributed by atoms with van der Waals surface area (Å²) in [6, 6.07) is 16.2. The van der Waals surface area contributed by atoms with Crippen LogP contribution in [-0.4, -0.2) is 36.2 Å². The van der Waals surface area contributed by atoms with Gasteiger partial charge in [-0.1, -0.05) is 47.7 Å². The number of carbonyl (C=O) groups excluding carboxylic acids is 1. The van der Waals surface area contributed by atoms with Crippen LogP contribution in [0.15, 0.2) is 70.3 Å². The summed E-state index contributed by atoms with van der Waals surface area (Å²) in [5, 5.41) is 2.13. The average Bonchev–Trinajstić information content (AvgIpc) is 3.58. The van der Waals surface area contributed by atoms with Crippen molar-refractivity contribution in [2.75, 3.05) is 11.4 Å². The van der Waals surface area contributed by atoms with Gasteiger partial charge in [0.25, 0.3) is 10.0 Å². The van der Waals surface area contributed by atoms with Crippen LogP contribution >= 0.6 is 22.7 Å². The number of rotatable bonds is 6. The van der Waals surface area contributed by atoms with Gasteiger partial charge in [-0.2, -0.15) is 4.31 Å². The number of thiophene rings is 1. The minimum atomic E-state index is -3.77. The molecule has 3 heterocycles. The number of aromatic nitrogens is 1. The van der Waals surface area contributed by atoms with Gasteiger partial charge < -0.3 is 0 Å². The second-order valence-corrected chi connectivity index (χ2v) is 11.8. The summed E-state index contributed by atoms with van der Waals surface area (Å²) in [7, 11) is -3.77. The van der Waals surface area contributed by atoms with E-state index in [0.717, 1.165) is 16.9 Å². The lowest BCUT2D eigenvalue weighted by molar-refractivity contribution is -0.121. The maximum Gasteiger partial charge on any atom is 0.253 e. The predicted molar refractivity (Wildman–Crippen MR) is 128 cm³/mol. The van der Waals surface area contributed by atoms with E-state index < -0.39 is 16.1 Å². The highest BCUT2D eigenvalue weighted by Crippen LogP contribution is 2.34. The van der Waals surface area contributed by atoms with E-state index in [1.165, 1.54) is 32.7 Å². The Morgan fingerprint density at radius 1 is 1.15 bits per heavy atom. The molecule has 1 atom stereocenters. The van der Waals surface area contributed by atoms with Crippen molar-refractivity contribution in [1.82, 2.24) is 9.29 Å². The number of benzene rings is 2. The van der Waals surface area contributed by atoms with Gasteiger partial charge in [0.05, 0.1) is 16.8 Å². The maximum absolute atomic E-state index is 13.8. The summed E-state index contributed by atoms with van der Waals surface area (Å²) >= 11 is 2.36. The van der Waals surface area contributed by atoms with E-state index in [9.17, 15) is 17.6 Å². The van der Waals surface area contributed by atoms with Crippen molar-refractivity contribution in [3.8, 4) is 0 Å². The molecule has 0 aliphatic carbocycles. The summed E-state index contributed by atoms with van der Waals surface area (Å²) in [6.07, 6.45) is 1.04. The van der Waals surface area contributed by atoms with E-state index in [4.69, 9.17) is 0 Å². The van der Waals surface area contributed by atoms with Gasteiger partial charge >= 0.3 is 0 Å². The minimum absolute atomic E-state index is 0.229. The van der Waals surface area contributed by atoms with Crippen molar-refractivity contribution < 1.29 is 17.6 Å². The molecule has 1 unspecified atom stereocenters. The van der Waals surface area contributed by atoms with Crippen LogP contribution in [0.1, 0.15) is 18.4 Å². The zero-order chi connectivity index (χ0) is 23.0. The number of fused-ring (bicyclic) bond motifs is 1. The molecule has 1 saturated heterocycles. The van der Waals surface area contributed by atoms with Crippen LogP contribution in [0.5, 0.6) is 0 Å². The van der Waals surface area contributed by atoms with Crippen molar-refractivity contribution in [2.24, 2.45) is 0 Å². The minimum Gasteiger partial charge on any atom is -0.282 e. The van der Waals surface area contributed by atoms with Gasteiger partial charge in [0.15, 0.2) is 5.13 Å². The summed E-state index contributed by atoms with van der Waals surface area (Å²) in [6.45, 7) is 0.534. The summed E-state index contributed by atoms with van der Waals surface area (Å²) < 4.78 is 42.3. The Morgan fingerprint density at radius 2 is 1.97 bits per heavy atom. The zero-order valence-electron chi connectivity index (χ0n) is 17.4. The first-order chi connectivity index (χ1) is 15.9. The molecule has 0 spiro atoms. The molecule has 1 aliphatic rings. The lowest BCUT2D eigenvalue weighted by atomic mass is 10.1. The molecule has 2 aromatic carbocycles. The first-order valence-electron chi connectivity index (χ1n) is 10.4. The number of thiazole rings is 1. The lowest BCUT2D eigenvalue weighted by Crippen LogP contribution is -2.47. The van der Waals surface area contributed by atoms with Crippen LogP contribution < -0.4 is 4.90 Å². The summed E-state index contributed by atoms with van der Waals surface area (Å²) in [5.74, 6) is -0.696. The number of nitrogens with zero attached hydrogens (tertiary/aromatic N) is 3. The van der Waals surface area contributed by atoms with Gasteiger partial charge in [-0.15, -0.1) is 11.3 Å². The molecule has 0 saturated carbocycles. The van der Waals surface area contributed by atoms with Gasteiger partial charge in [-0.3, -0.25) is 9.69 Å². The van der Waals surface area contributed by atoms with Gasteiger partial charge in [0.2, 0.25) is 5.91 Å². The van der Waals surface area contributed by atoms with Gasteiger partial charge in [0, 0.05) is 6.54 Å². The molecule has 1 amide bonds. The molecule has 0 N–H and O–H groups in total. The third-order valence-electron chi connectivity index (χ3n) is 5.57. The van der Waals surface area contributed by atoms with Crippen LogP contribution in [0.3, 0.4) is 0 Å². The van der Waals surface area contributed by atoms with Gasteiger partial charge in [-0.05, 0) is 48.1 Å². The van der Waals surface area contributed by atoms with Gasteiger partial charge in [0.1, 0.15) is 16.1 Å². The SMILES string of the molecule is O=C(C1CCCN1S(=O)(=O)c1cccs1)N(Cc1ccccc1)c1nc2ccc(F)cc2s1. The van der Waals surface area contributed by atoms with Crippen LogP contribution in [0.25, 0.3) is 10.2 Å². The molecule has 6 nitrogen and oxygen atoms in total. The van der Waals surface area contributed by atoms with Crippen molar-refractivity contribution in [1.29, 1.82) is 0 Å². The quantitative estimate of drug-likeness (QED) is 0.377. The first-order valence-corrected chi connectivity index (χ1v) is 13.5. The molecule has 1 fully saturated rings. The Morgan fingerprint density at radius 3 is 2.73 bits per heavy atom. The second-order valence-electron chi connectivity index (χ2n) is 7.72. The Kier molecular flexibility index (Phi) is 6.00. The Hall–Kier alpha value is -2.66. The largest absolute Gasteiger partial charge is 0.282 e. The zero-order valence-corrected chi connectivity index (χ0v) is 19.9. The number of anilines is 1. The van der Waals surface area contributed by atoms with Crippen LogP contribution in [-0.2, 0) is 21.4 Å². The normalized spacial score (nSPS) is 16.9. The molecule has 33 heavy (non-hydrogen) atoms. The predicted octanol–water partition coefficient (Wildman–Crippen LogP) is 4.88. The number of amides is 1. The smallest absolute Gasteiger partial charge is 0.253 e. The van der Waals surface area contributed by atoms with Crippen molar-refractivity contribution in [3.05, 3.63) is 77.4 Å². The molecule has 5 rings (SSSR count). The van der Waals surface area contributed by atoms with Crippen molar-refractivity contribution >= 4 is 54.0 Å². The van der Waals surface area contributed by atoms with E-state index >= 15 is 0 Å². The summed E-state index contributed by atoms with van der Waals surface area (Å²) in [4.78, 5) is 19.9. The Bertz CT molecular complexity index is 1390. The standard InChI is InChI=1S/C23H20FN3O3S3/c24-17-10-11-18-20(14-17)32-23(25-18)26(15-16-6-2-1-3-7-16)22(28)19-8-4-12-27(19)33(29,30)21-9-5-13-31-21/h1-3,5-7,9-11,13-14,19H,4,8,12,15H2. The van der Waals surface area contributed by atoms with Crippen LogP contribution in [0.4, 0.5) is 9.52 Å². The molecule has 4 aromatic rings. The third kappa shape index (κ3) is 4.31. The third-order valence-corrected chi connectivity index (χ3v) is 9.89. The number of carbonyl (C=O) groups is 1. The maximum atomic E-state index is 13.8. The molecule has 2 aromatic heterocycles. The number of sulfonamides is 1. The molecule has 1 aliphatic heterocycles.